The zero-order valence-corrected chi connectivity index (χ0v) is 11.5. The van der Waals surface area contributed by atoms with Gasteiger partial charge in [-0.3, -0.25) is 0 Å². The molecule has 16 heavy (non-hydrogen) atoms. The van der Waals surface area contributed by atoms with Gasteiger partial charge >= 0.3 is 0 Å². The van der Waals surface area contributed by atoms with Gasteiger partial charge in [0.2, 0.25) is 0 Å². The van der Waals surface area contributed by atoms with Crippen LogP contribution in [0.2, 0.25) is 0 Å². The predicted molar refractivity (Wildman–Crippen MR) is 69.8 cm³/mol. The van der Waals surface area contributed by atoms with Crippen molar-refractivity contribution in [1.29, 1.82) is 0 Å². The zero-order chi connectivity index (χ0) is 12.4. The molecule has 1 aliphatic heterocycles. The van der Waals surface area contributed by atoms with Crippen molar-refractivity contribution >= 4 is 5.78 Å². The fraction of sp³-hybridized carbons (Fsp3) is 0.923. The molecule has 0 atom stereocenters. The van der Waals surface area contributed by atoms with Crippen LogP contribution in [0.3, 0.4) is 0 Å². The molecule has 0 radical (unpaired) electrons. The van der Waals surface area contributed by atoms with Crippen LogP contribution in [0.1, 0.15) is 40.5 Å². The predicted octanol–water partition coefficient (Wildman–Crippen LogP) is 2.02. The van der Waals surface area contributed by atoms with E-state index in [4.69, 9.17) is 0 Å². The highest BCUT2D eigenvalue weighted by Crippen LogP contribution is 2.03. The molecule has 0 saturated carbocycles. The first kappa shape index (κ1) is 15.6. The van der Waals surface area contributed by atoms with Crippen LogP contribution in [-0.4, -0.2) is 54.9 Å². The second kappa shape index (κ2) is 9.79. The van der Waals surface area contributed by atoms with Crippen molar-refractivity contribution < 1.29 is 4.79 Å². The summed E-state index contributed by atoms with van der Waals surface area (Å²) in [5.74, 6) is 0.317. The number of hydrogen-bond acceptors (Lipinski definition) is 3. The molecule has 1 heterocycles. The van der Waals surface area contributed by atoms with E-state index in [0.717, 1.165) is 19.4 Å². The third-order valence-electron chi connectivity index (χ3n) is 2.92. The number of Topliss-reactive ketones (excluding diaryl/α,β-unsaturated/α-hetero) is 1. The van der Waals surface area contributed by atoms with E-state index in [9.17, 15) is 4.79 Å². The van der Waals surface area contributed by atoms with E-state index >= 15 is 0 Å². The lowest BCUT2D eigenvalue weighted by Crippen LogP contribution is -2.46. The van der Waals surface area contributed by atoms with E-state index in [1.54, 1.807) is 6.92 Å². The lowest BCUT2D eigenvalue weighted by molar-refractivity contribution is -0.117. The van der Waals surface area contributed by atoms with Crippen molar-refractivity contribution in [2.75, 3.05) is 39.3 Å². The van der Waals surface area contributed by atoms with E-state index in [2.05, 4.69) is 16.7 Å². The molecule has 0 N–H and O–H groups in total. The highest BCUT2D eigenvalue weighted by molar-refractivity contribution is 5.75. The van der Waals surface area contributed by atoms with Gasteiger partial charge in [-0.1, -0.05) is 20.8 Å². The summed E-state index contributed by atoms with van der Waals surface area (Å²) >= 11 is 0. The number of piperazine rings is 1. The molecule has 0 aromatic rings. The Labute approximate surface area is 101 Å². The Morgan fingerprint density at radius 1 is 1.06 bits per heavy atom. The van der Waals surface area contributed by atoms with Crippen molar-refractivity contribution in [3.8, 4) is 0 Å². The van der Waals surface area contributed by atoms with Gasteiger partial charge in [-0.15, -0.1) is 0 Å². The first-order valence-electron chi connectivity index (χ1n) is 6.66. The minimum atomic E-state index is 0.317. The van der Waals surface area contributed by atoms with Crippen molar-refractivity contribution in [2.45, 2.75) is 40.5 Å². The van der Waals surface area contributed by atoms with Gasteiger partial charge in [-0.2, -0.15) is 0 Å². The van der Waals surface area contributed by atoms with Crippen LogP contribution < -0.4 is 0 Å². The number of carbonyl (C=O) groups excluding carboxylic acids is 1. The molecule has 0 aliphatic carbocycles. The molecule has 3 nitrogen and oxygen atoms in total. The fourth-order valence-corrected chi connectivity index (χ4v) is 1.88. The second-order valence-corrected chi connectivity index (χ2v) is 4.08. The van der Waals surface area contributed by atoms with Gasteiger partial charge in [0, 0.05) is 32.6 Å². The van der Waals surface area contributed by atoms with Gasteiger partial charge in [0.15, 0.2) is 0 Å². The molecule has 1 fully saturated rings. The largest absolute Gasteiger partial charge is 0.301 e. The molecular weight excluding hydrogens is 200 g/mol. The summed E-state index contributed by atoms with van der Waals surface area (Å²) in [4.78, 5) is 15.7. The van der Waals surface area contributed by atoms with Crippen LogP contribution >= 0.6 is 0 Å². The summed E-state index contributed by atoms with van der Waals surface area (Å²) in [5, 5.41) is 0. The quantitative estimate of drug-likeness (QED) is 0.719. The van der Waals surface area contributed by atoms with E-state index < -0.39 is 0 Å². The third-order valence-corrected chi connectivity index (χ3v) is 2.92. The van der Waals surface area contributed by atoms with Gasteiger partial charge in [0.1, 0.15) is 5.78 Å². The van der Waals surface area contributed by atoms with Gasteiger partial charge in [0.05, 0.1) is 0 Å². The number of hydrogen-bond donors (Lipinski definition) is 0. The normalized spacial score (nSPS) is 17.8. The Morgan fingerprint density at radius 2 is 1.56 bits per heavy atom. The Morgan fingerprint density at radius 3 is 2.00 bits per heavy atom. The highest BCUT2D eigenvalue weighted by Gasteiger charge is 2.14. The maximum absolute atomic E-state index is 10.8. The maximum atomic E-state index is 10.8. The minimum Gasteiger partial charge on any atom is -0.301 e. The first-order valence-corrected chi connectivity index (χ1v) is 6.66. The number of ketones is 1. The maximum Gasteiger partial charge on any atom is 0.129 e. The van der Waals surface area contributed by atoms with Gasteiger partial charge < -0.3 is 14.6 Å². The van der Waals surface area contributed by atoms with Crippen molar-refractivity contribution in [3.63, 3.8) is 0 Å². The molecule has 1 rings (SSSR count). The van der Waals surface area contributed by atoms with E-state index in [1.807, 2.05) is 13.8 Å². The van der Waals surface area contributed by atoms with Crippen molar-refractivity contribution in [3.05, 3.63) is 0 Å². The molecule has 1 aliphatic rings. The van der Waals surface area contributed by atoms with Gasteiger partial charge in [-0.05, 0) is 26.4 Å². The molecular formula is C13H28N2O. The topological polar surface area (TPSA) is 23.6 Å². The summed E-state index contributed by atoms with van der Waals surface area (Å²) in [6.45, 7) is 14.9. The smallest absolute Gasteiger partial charge is 0.129 e. The zero-order valence-electron chi connectivity index (χ0n) is 11.5. The number of rotatable bonds is 5. The van der Waals surface area contributed by atoms with Crippen LogP contribution in [0, 0.1) is 0 Å². The molecule has 0 aromatic heterocycles. The van der Waals surface area contributed by atoms with Crippen molar-refractivity contribution in [1.82, 2.24) is 9.80 Å². The monoisotopic (exact) mass is 228 g/mol. The first-order chi connectivity index (χ1) is 7.72. The Hall–Kier alpha value is -0.410. The molecule has 96 valence electrons. The molecule has 0 aromatic carbocycles. The van der Waals surface area contributed by atoms with Gasteiger partial charge in [-0.25, -0.2) is 0 Å². The summed E-state index contributed by atoms with van der Waals surface area (Å²) in [6, 6.07) is 0. The highest BCUT2D eigenvalue weighted by atomic mass is 16.1. The lowest BCUT2D eigenvalue weighted by Gasteiger charge is -2.33. The molecule has 0 amide bonds. The summed E-state index contributed by atoms with van der Waals surface area (Å²) in [6.07, 6.45) is 1.77. The van der Waals surface area contributed by atoms with Crippen LogP contribution in [0.5, 0.6) is 0 Å². The third kappa shape index (κ3) is 6.96. The minimum absolute atomic E-state index is 0.317. The second-order valence-electron chi connectivity index (χ2n) is 4.08. The van der Waals surface area contributed by atoms with Crippen LogP contribution in [0.25, 0.3) is 0 Å². The average Bonchev–Trinajstić information content (AvgIpc) is 2.32. The molecule has 0 unspecified atom stereocenters. The molecule has 0 bridgehead atoms. The number of carbonyl (C=O) groups is 1. The average molecular weight is 228 g/mol. The summed E-state index contributed by atoms with van der Waals surface area (Å²) in [5.41, 5.74) is 0. The Bertz CT molecular complexity index is 175. The van der Waals surface area contributed by atoms with Crippen LogP contribution in [0.15, 0.2) is 0 Å². The van der Waals surface area contributed by atoms with E-state index in [0.29, 0.717) is 5.78 Å². The van der Waals surface area contributed by atoms with E-state index in [-0.39, 0.29) is 0 Å². The number of likely N-dealkylation sites (N-methyl/N-ethyl adjacent to an activating group) is 1. The standard InChI is InChI=1S/C11H22N2O.C2H6/c1-3-12-7-9-13(10-8-12)6-4-5-11(2)14;1-2/h3-10H2,1-2H3;1-2H3. The van der Waals surface area contributed by atoms with Crippen LogP contribution in [-0.2, 0) is 4.79 Å². The van der Waals surface area contributed by atoms with Crippen LogP contribution in [0.4, 0.5) is 0 Å². The Kier molecular flexibility index (Phi) is 9.54. The SMILES string of the molecule is CC.CCN1CCN(CCCC(C)=O)CC1. The number of nitrogens with zero attached hydrogens (tertiary/aromatic N) is 2. The summed E-state index contributed by atoms with van der Waals surface area (Å²) in [7, 11) is 0. The fourth-order valence-electron chi connectivity index (χ4n) is 1.88. The Balaban J connectivity index is 0.00000106. The van der Waals surface area contributed by atoms with E-state index in [1.165, 1.54) is 32.7 Å². The molecule has 1 saturated heterocycles. The molecule has 3 heteroatoms. The van der Waals surface area contributed by atoms with Crippen molar-refractivity contribution in [2.24, 2.45) is 0 Å². The molecule has 0 spiro atoms. The lowest BCUT2D eigenvalue weighted by atomic mass is 10.2. The summed E-state index contributed by atoms with van der Waals surface area (Å²) < 4.78 is 0. The van der Waals surface area contributed by atoms with Gasteiger partial charge in [0.25, 0.3) is 0 Å².